The number of hydrogen-bond donors (Lipinski definition) is 2. The van der Waals surface area contributed by atoms with Crippen LogP contribution in [0.5, 0.6) is 0 Å². The zero-order chi connectivity index (χ0) is 23.2. The zero-order valence-electron chi connectivity index (χ0n) is 19.0. The van der Waals surface area contributed by atoms with Crippen molar-refractivity contribution in [2.75, 3.05) is 24.3 Å². The fraction of sp³-hybridized carbons (Fsp3) is 0.308. The van der Waals surface area contributed by atoms with Crippen molar-refractivity contribution in [3.8, 4) is 0 Å². The van der Waals surface area contributed by atoms with Crippen molar-refractivity contribution in [3.05, 3.63) is 83.6 Å². The number of amides is 1. The number of nitrogens with one attached hydrogen (secondary N) is 2. The quantitative estimate of drug-likeness (QED) is 0.538. The largest absolute Gasteiger partial charge is 0.363 e. The number of ketones is 1. The molecule has 1 amide bonds. The second-order valence-corrected chi connectivity index (χ2v) is 8.58. The minimum absolute atomic E-state index is 0.0858. The van der Waals surface area contributed by atoms with Gasteiger partial charge in [-0.1, -0.05) is 42.5 Å². The molecule has 7 nitrogen and oxygen atoms in total. The highest BCUT2D eigenvalue weighted by molar-refractivity contribution is 6.10. The van der Waals surface area contributed by atoms with E-state index in [0.717, 1.165) is 31.5 Å². The van der Waals surface area contributed by atoms with Crippen molar-refractivity contribution >= 4 is 23.5 Å². The van der Waals surface area contributed by atoms with Gasteiger partial charge in [-0.05, 0) is 43.9 Å². The lowest BCUT2D eigenvalue weighted by Crippen LogP contribution is -2.40. The molecule has 3 aromatic rings. The summed E-state index contributed by atoms with van der Waals surface area (Å²) in [6.07, 6.45) is 5.35. The molecule has 7 heteroatoms. The second-order valence-electron chi connectivity index (χ2n) is 8.58. The van der Waals surface area contributed by atoms with Gasteiger partial charge in [-0.15, -0.1) is 0 Å². The molecule has 1 aliphatic rings. The third-order valence-corrected chi connectivity index (χ3v) is 5.92. The van der Waals surface area contributed by atoms with Crippen LogP contribution in [0.4, 0.5) is 11.8 Å². The second kappa shape index (κ2) is 10.3. The molecule has 33 heavy (non-hydrogen) atoms. The zero-order valence-corrected chi connectivity index (χ0v) is 19.0. The molecule has 0 saturated heterocycles. The average Bonchev–Trinajstić information content (AvgIpc) is 2.85. The molecule has 2 N–H and O–H groups in total. The number of carbonyl (C=O) groups is 2. The van der Waals surface area contributed by atoms with Crippen molar-refractivity contribution in [1.82, 2.24) is 15.3 Å². The molecule has 170 valence electrons. The standard InChI is InChI=1S/C26H29N5O2/c1-31(2)23-15-16-27-26(30-23)29-22-13-11-21(12-14-22)28-25(33)20-10-6-9-19(17-20)24(32)18-7-4-3-5-8-18/h3-10,15-17,21-22H,11-14H2,1-2H3,(H,28,33)(H,27,29,30)/t21-,22+. The number of anilines is 2. The predicted molar refractivity (Wildman–Crippen MR) is 130 cm³/mol. The fourth-order valence-corrected chi connectivity index (χ4v) is 4.06. The average molecular weight is 444 g/mol. The minimum Gasteiger partial charge on any atom is -0.363 e. The van der Waals surface area contributed by atoms with Crippen molar-refractivity contribution in [1.29, 1.82) is 0 Å². The lowest BCUT2D eigenvalue weighted by Gasteiger charge is -2.29. The Morgan fingerprint density at radius 3 is 2.24 bits per heavy atom. The van der Waals surface area contributed by atoms with Crippen molar-refractivity contribution in [3.63, 3.8) is 0 Å². The van der Waals surface area contributed by atoms with Gasteiger partial charge in [0.15, 0.2) is 5.78 Å². The Morgan fingerprint density at radius 2 is 1.52 bits per heavy atom. The highest BCUT2D eigenvalue weighted by Crippen LogP contribution is 2.22. The van der Waals surface area contributed by atoms with Crippen LogP contribution in [-0.2, 0) is 0 Å². The molecule has 0 bridgehead atoms. The molecule has 1 saturated carbocycles. The van der Waals surface area contributed by atoms with Crippen LogP contribution in [0.2, 0.25) is 0 Å². The summed E-state index contributed by atoms with van der Waals surface area (Å²) in [6.45, 7) is 0. The number of rotatable bonds is 7. The number of hydrogen-bond acceptors (Lipinski definition) is 6. The normalized spacial score (nSPS) is 17.8. The smallest absolute Gasteiger partial charge is 0.251 e. The van der Waals surface area contributed by atoms with Crippen LogP contribution in [0.25, 0.3) is 0 Å². The Morgan fingerprint density at radius 1 is 0.848 bits per heavy atom. The third kappa shape index (κ3) is 5.74. The summed E-state index contributed by atoms with van der Waals surface area (Å²) in [5.41, 5.74) is 1.63. The Balaban J connectivity index is 1.31. The fourth-order valence-electron chi connectivity index (χ4n) is 4.06. The van der Waals surface area contributed by atoms with E-state index >= 15 is 0 Å². The van der Waals surface area contributed by atoms with Crippen molar-refractivity contribution < 1.29 is 9.59 Å². The molecule has 2 aromatic carbocycles. The SMILES string of the molecule is CN(C)c1ccnc(N[C@H]2CC[C@@H](NC(=O)c3cccc(C(=O)c4ccccc4)c3)CC2)n1. The molecule has 0 radical (unpaired) electrons. The van der Waals surface area contributed by atoms with Crippen LogP contribution in [0.3, 0.4) is 0 Å². The molecule has 0 atom stereocenters. The summed E-state index contributed by atoms with van der Waals surface area (Å²) in [5, 5.41) is 6.55. The van der Waals surface area contributed by atoms with Gasteiger partial charge in [0.25, 0.3) is 5.91 Å². The van der Waals surface area contributed by atoms with Gasteiger partial charge in [0.1, 0.15) is 5.82 Å². The maximum atomic E-state index is 12.8. The number of nitrogens with zero attached hydrogens (tertiary/aromatic N) is 3. The molecular weight excluding hydrogens is 414 g/mol. The lowest BCUT2D eigenvalue weighted by atomic mass is 9.91. The topological polar surface area (TPSA) is 87.2 Å². The first kappa shape index (κ1) is 22.5. The summed E-state index contributed by atoms with van der Waals surface area (Å²) >= 11 is 0. The van der Waals surface area contributed by atoms with Gasteiger partial charge in [-0.25, -0.2) is 4.98 Å². The van der Waals surface area contributed by atoms with E-state index in [1.165, 1.54) is 0 Å². The van der Waals surface area contributed by atoms with Gasteiger partial charge in [0.2, 0.25) is 5.95 Å². The summed E-state index contributed by atoms with van der Waals surface area (Å²) in [5.74, 6) is 1.27. The summed E-state index contributed by atoms with van der Waals surface area (Å²) < 4.78 is 0. The molecule has 1 aliphatic carbocycles. The van der Waals surface area contributed by atoms with E-state index in [-0.39, 0.29) is 23.8 Å². The van der Waals surface area contributed by atoms with Gasteiger partial charge < -0.3 is 15.5 Å². The van der Waals surface area contributed by atoms with Crippen LogP contribution in [0.15, 0.2) is 66.9 Å². The minimum atomic E-state index is -0.142. The molecular formula is C26H29N5O2. The number of benzene rings is 2. The van der Waals surface area contributed by atoms with Crippen LogP contribution in [-0.4, -0.2) is 47.8 Å². The van der Waals surface area contributed by atoms with Gasteiger partial charge in [0.05, 0.1) is 0 Å². The van der Waals surface area contributed by atoms with E-state index < -0.39 is 0 Å². The van der Waals surface area contributed by atoms with Gasteiger partial charge >= 0.3 is 0 Å². The molecule has 1 aromatic heterocycles. The summed E-state index contributed by atoms with van der Waals surface area (Å²) in [7, 11) is 3.90. The first-order valence-corrected chi connectivity index (χ1v) is 11.3. The lowest BCUT2D eigenvalue weighted by molar-refractivity contribution is 0.0926. The van der Waals surface area contributed by atoms with Crippen molar-refractivity contribution in [2.24, 2.45) is 0 Å². The number of carbonyl (C=O) groups excluding carboxylic acids is 2. The van der Waals surface area contributed by atoms with E-state index in [0.29, 0.717) is 22.6 Å². The Bertz CT molecular complexity index is 1110. The maximum Gasteiger partial charge on any atom is 0.251 e. The third-order valence-electron chi connectivity index (χ3n) is 5.92. The first-order chi connectivity index (χ1) is 16.0. The van der Waals surface area contributed by atoms with Gasteiger partial charge in [-0.2, -0.15) is 4.98 Å². The van der Waals surface area contributed by atoms with Crippen LogP contribution in [0, 0.1) is 0 Å². The van der Waals surface area contributed by atoms with E-state index in [9.17, 15) is 9.59 Å². The van der Waals surface area contributed by atoms with E-state index in [1.807, 2.05) is 43.3 Å². The summed E-state index contributed by atoms with van der Waals surface area (Å²) in [6, 6.07) is 18.3. The van der Waals surface area contributed by atoms with Crippen LogP contribution < -0.4 is 15.5 Å². The molecule has 1 heterocycles. The molecule has 0 unspecified atom stereocenters. The molecule has 1 fully saturated rings. The van der Waals surface area contributed by atoms with E-state index in [4.69, 9.17) is 0 Å². The van der Waals surface area contributed by atoms with Crippen LogP contribution in [0.1, 0.15) is 52.0 Å². The number of aromatic nitrogens is 2. The molecule has 0 spiro atoms. The van der Waals surface area contributed by atoms with E-state index in [1.54, 1.807) is 42.6 Å². The van der Waals surface area contributed by atoms with E-state index in [2.05, 4.69) is 20.6 Å². The van der Waals surface area contributed by atoms with Gasteiger partial charge in [0, 0.05) is 49.1 Å². The van der Waals surface area contributed by atoms with Crippen LogP contribution >= 0.6 is 0 Å². The Labute approximate surface area is 194 Å². The molecule has 4 rings (SSSR count). The maximum absolute atomic E-state index is 12.8. The highest BCUT2D eigenvalue weighted by Gasteiger charge is 2.23. The highest BCUT2D eigenvalue weighted by atomic mass is 16.1. The Hall–Kier alpha value is -3.74. The Kier molecular flexibility index (Phi) is 6.98. The van der Waals surface area contributed by atoms with Gasteiger partial charge in [-0.3, -0.25) is 9.59 Å². The summed E-state index contributed by atoms with van der Waals surface area (Å²) in [4.78, 5) is 36.3. The first-order valence-electron chi connectivity index (χ1n) is 11.3. The molecule has 0 aliphatic heterocycles. The predicted octanol–water partition coefficient (Wildman–Crippen LogP) is 3.93. The van der Waals surface area contributed by atoms with Crippen molar-refractivity contribution in [2.45, 2.75) is 37.8 Å². The monoisotopic (exact) mass is 443 g/mol.